The van der Waals surface area contributed by atoms with Crippen LogP contribution in [0.1, 0.15) is 24.8 Å². The molecule has 1 fully saturated rings. The van der Waals surface area contributed by atoms with E-state index in [1.807, 2.05) is 30.3 Å². The van der Waals surface area contributed by atoms with Gasteiger partial charge < -0.3 is 20.3 Å². The summed E-state index contributed by atoms with van der Waals surface area (Å²) in [7, 11) is 0. The number of pyridine rings is 1. The van der Waals surface area contributed by atoms with E-state index in [1.54, 1.807) is 17.5 Å². The minimum Gasteiger partial charge on any atom is -0.444 e. The molecule has 0 amide bonds. The third-order valence-electron chi connectivity index (χ3n) is 6.05. The molecule has 7 heteroatoms. The third-order valence-corrected chi connectivity index (χ3v) is 7.12. The van der Waals surface area contributed by atoms with Crippen molar-refractivity contribution < 1.29 is 4.74 Å². The fraction of sp³-hybridized carbons (Fsp3) is 0.286. The first-order chi connectivity index (χ1) is 17.3. The molecule has 5 rings (SSSR count). The Balaban J connectivity index is 1.22. The maximum atomic E-state index is 6.29. The summed E-state index contributed by atoms with van der Waals surface area (Å²) in [5, 5.41) is 8.75. The molecule has 1 saturated heterocycles. The van der Waals surface area contributed by atoms with Crippen LogP contribution >= 0.6 is 11.3 Å². The van der Waals surface area contributed by atoms with Crippen molar-refractivity contribution in [3.8, 4) is 22.1 Å². The molecule has 2 aromatic heterocycles. The summed E-state index contributed by atoms with van der Waals surface area (Å²) >= 11 is 1.59. The highest BCUT2D eigenvalue weighted by molar-refractivity contribution is 7.14. The number of rotatable bonds is 10. The number of aryl methyl sites for hydroxylation is 1. The van der Waals surface area contributed by atoms with Crippen LogP contribution in [0.3, 0.4) is 0 Å². The van der Waals surface area contributed by atoms with E-state index >= 15 is 0 Å². The van der Waals surface area contributed by atoms with Gasteiger partial charge in [0.1, 0.15) is 17.3 Å². The second kappa shape index (κ2) is 11.3. The number of anilines is 3. The van der Waals surface area contributed by atoms with Crippen LogP contribution in [0.15, 0.2) is 72.9 Å². The highest BCUT2D eigenvalue weighted by atomic mass is 32.1. The predicted octanol–water partition coefficient (Wildman–Crippen LogP) is 6.81. The van der Waals surface area contributed by atoms with Gasteiger partial charge in [-0.3, -0.25) is 0 Å². The molecule has 0 saturated carbocycles. The average molecular weight is 486 g/mol. The van der Waals surface area contributed by atoms with E-state index in [-0.39, 0.29) is 0 Å². The lowest BCUT2D eigenvalue weighted by Gasteiger charge is -2.15. The van der Waals surface area contributed by atoms with E-state index in [1.165, 1.54) is 25.9 Å². The number of thiazole rings is 1. The van der Waals surface area contributed by atoms with Crippen molar-refractivity contribution >= 4 is 28.5 Å². The lowest BCUT2D eigenvalue weighted by molar-refractivity contribution is 0.352. The van der Waals surface area contributed by atoms with Crippen LogP contribution in [0, 0.1) is 0 Å². The average Bonchev–Trinajstić information content (AvgIpc) is 3.56. The molecule has 180 valence electrons. The van der Waals surface area contributed by atoms with Crippen molar-refractivity contribution in [2.24, 2.45) is 0 Å². The van der Waals surface area contributed by atoms with E-state index in [0.29, 0.717) is 0 Å². The monoisotopic (exact) mass is 485 g/mol. The lowest BCUT2D eigenvalue weighted by Crippen LogP contribution is -2.25. The summed E-state index contributed by atoms with van der Waals surface area (Å²) in [4.78, 5) is 11.8. The van der Waals surface area contributed by atoms with Crippen LogP contribution in [-0.2, 0) is 6.42 Å². The van der Waals surface area contributed by atoms with Gasteiger partial charge in [0.25, 0.3) is 0 Å². The minimum atomic E-state index is 0.728. The number of hydrogen-bond donors (Lipinski definition) is 2. The first-order valence-electron chi connectivity index (χ1n) is 12.3. The van der Waals surface area contributed by atoms with Crippen molar-refractivity contribution in [2.75, 3.05) is 36.8 Å². The number of nitrogens with one attached hydrogen (secondary N) is 2. The Morgan fingerprint density at radius 3 is 2.51 bits per heavy atom. The molecule has 0 bridgehead atoms. The smallest absolute Gasteiger partial charge is 0.208 e. The summed E-state index contributed by atoms with van der Waals surface area (Å²) in [5.74, 6) is 1.46. The van der Waals surface area contributed by atoms with Gasteiger partial charge >= 0.3 is 0 Å². The summed E-state index contributed by atoms with van der Waals surface area (Å²) in [6.45, 7) is 6.64. The molecule has 2 aromatic carbocycles. The van der Waals surface area contributed by atoms with E-state index in [4.69, 9.17) is 9.72 Å². The zero-order valence-electron chi connectivity index (χ0n) is 20.0. The van der Waals surface area contributed by atoms with Crippen molar-refractivity contribution in [2.45, 2.75) is 26.2 Å². The molecule has 0 radical (unpaired) electrons. The topological polar surface area (TPSA) is 62.3 Å². The predicted molar refractivity (Wildman–Crippen MR) is 145 cm³/mol. The van der Waals surface area contributed by atoms with Crippen LogP contribution in [0.4, 0.5) is 17.2 Å². The standard InChI is InChI=1S/C28H31N5OS/c1-2-26-32-27(21-8-4-3-5-9-21)28(35-26)34-24-14-15-30-25(20-24)31-23-12-10-22(11-13-23)29-16-19-33-17-6-7-18-33/h3-5,8-15,20,29H,2,6-7,16-19H2,1H3,(H,30,31). The second-order valence-electron chi connectivity index (χ2n) is 8.62. The molecule has 35 heavy (non-hydrogen) atoms. The maximum absolute atomic E-state index is 6.29. The van der Waals surface area contributed by atoms with E-state index in [9.17, 15) is 0 Å². The molecule has 4 aromatic rings. The maximum Gasteiger partial charge on any atom is 0.208 e. The Labute approximate surface area is 211 Å². The van der Waals surface area contributed by atoms with Gasteiger partial charge in [0.15, 0.2) is 0 Å². The normalized spacial score (nSPS) is 13.6. The zero-order chi connectivity index (χ0) is 23.9. The third kappa shape index (κ3) is 6.18. The number of benzene rings is 2. The molecule has 3 heterocycles. The quantitative estimate of drug-likeness (QED) is 0.257. The largest absolute Gasteiger partial charge is 0.444 e. The SMILES string of the molecule is CCc1nc(-c2ccccc2)c(Oc2ccnc(Nc3ccc(NCCN4CCCC4)cc3)c2)s1. The second-order valence-corrected chi connectivity index (χ2v) is 9.67. The van der Waals surface area contributed by atoms with Gasteiger partial charge in [-0.1, -0.05) is 48.6 Å². The van der Waals surface area contributed by atoms with Crippen molar-refractivity contribution in [1.82, 2.24) is 14.9 Å². The molecular formula is C28H31N5OS. The fourth-order valence-electron chi connectivity index (χ4n) is 4.18. The summed E-state index contributed by atoms with van der Waals surface area (Å²) in [6, 6.07) is 22.3. The summed E-state index contributed by atoms with van der Waals surface area (Å²) in [6.07, 6.45) is 5.30. The number of ether oxygens (including phenoxy) is 1. The highest BCUT2D eigenvalue weighted by Crippen LogP contribution is 2.39. The molecule has 0 aliphatic carbocycles. The first kappa shape index (κ1) is 23.3. The van der Waals surface area contributed by atoms with Crippen LogP contribution in [0.25, 0.3) is 11.3 Å². The van der Waals surface area contributed by atoms with E-state index < -0.39 is 0 Å². The summed E-state index contributed by atoms with van der Waals surface area (Å²) < 4.78 is 6.29. The molecule has 6 nitrogen and oxygen atoms in total. The van der Waals surface area contributed by atoms with Gasteiger partial charge in [-0.25, -0.2) is 9.97 Å². The Morgan fingerprint density at radius 1 is 0.971 bits per heavy atom. The van der Waals surface area contributed by atoms with Gasteiger partial charge in [0.05, 0.1) is 5.01 Å². The molecule has 1 aliphatic heterocycles. The van der Waals surface area contributed by atoms with Crippen molar-refractivity contribution in [1.29, 1.82) is 0 Å². The van der Waals surface area contributed by atoms with Crippen LogP contribution in [0.5, 0.6) is 10.8 Å². The molecule has 0 atom stereocenters. The molecule has 2 N–H and O–H groups in total. The van der Waals surface area contributed by atoms with Crippen LogP contribution in [0.2, 0.25) is 0 Å². The molecule has 0 spiro atoms. The van der Waals surface area contributed by atoms with Gasteiger partial charge in [-0.05, 0) is 62.7 Å². The van der Waals surface area contributed by atoms with Gasteiger partial charge in [-0.2, -0.15) is 0 Å². The van der Waals surface area contributed by atoms with Gasteiger partial charge in [0.2, 0.25) is 5.06 Å². The Kier molecular flexibility index (Phi) is 7.56. The molecule has 1 aliphatic rings. The minimum absolute atomic E-state index is 0.728. The fourth-order valence-corrected chi connectivity index (χ4v) is 5.07. The number of likely N-dealkylation sites (tertiary alicyclic amines) is 1. The summed E-state index contributed by atoms with van der Waals surface area (Å²) in [5.41, 5.74) is 4.05. The Morgan fingerprint density at radius 2 is 1.74 bits per heavy atom. The van der Waals surface area contributed by atoms with Crippen LogP contribution < -0.4 is 15.4 Å². The Hall–Kier alpha value is -3.42. The molecular weight excluding hydrogens is 454 g/mol. The lowest BCUT2D eigenvalue weighted by atomic mass is 10.2. The highest BCUT2D eigenvalue weighted by Gasteiger charge is 2.15. The van der Waals surface area contributed by atoms with Gasteiger partial charge in [0, 0.05) is 42.3 Å². The van der Waals surface area contributed by atoms with Crippen molar-refractivity contribution in [3.05, 3.63) is 77.9 Å². The van der Waals surface area contributed by atoms with Crippen LogP contribution in [-0.4, -0.2) is 41.0 Å². The number of aromatic nitrogens is 2. The Bertz CT molecular complexity index is 1220. The number of hydrogen-bond acceptors (Lipinski definition) is 7. The first-order valence-corrected chi connectivity index (χ1v) is 13.1. The van der Waals surface area contributed by atoms with E-state index in [0.717, 1.165) is 63.8 Å². The van der Waals surface area contributed by atoms with Crippen molar-refractivity contribution in [3.63, 3.8) is 0 Å². The molecule has 0 unspecified atom stereocenters. The van der Waals surface area contributed by atoms with Gasteiger partial charge in [-0.15, -0.1) is 0 Å². The van der Waals surface area contributed by atoms with E-state index in [2.05, 4.69) is 63.8 Å². The number of nitrogens with zero attached hydrogens (tertiary/aromatic N) is 3. The zero-order valence-corrected chi connectivity index (χ0v) is 20.9.